The van der Waals surface area contributed by atoms with Gasteiger partial charge >= 0.3 is 0 Å². The van der Waals surface area contributed by atoms with Gasteiger partial charge in [0, 0.05) is 0 Å². The van der Waals surface area contributed by atoms with Gasteiger partial charge in [0.15, 0.2) is 9.84 Å². The molecule has 3 nitrogen and oxygen atoms in total. The van der Waals surface area contributed by atoms with E-state index < -0.39 is 9.84 Å². The summed E-state index contributed by atoms with van der Waals surface area (Å²) in [5.41, 5.74) is 2.20. The maximum Gasteiger partial charge on any atom is 0.179 e. The summed E-state index contributed by atoms with van der Waals surface area (Å²) in [5.74, 6) is 0.396. The quantitative estimate of drug-likeness (QED) is 0.866. The van der Waals surface area contributed by atoms with E-state index in [0.717, 1.165) is 18.5 Å². The number of sulfone groups is 1. The van der Waals surface area contributed by atoms with Crippen molar-refractivity contribution in [2.24, 2.45) is 0 Å². The van der Waals surface area contributed by atoms with Crippen LogP contribution in [-0.4, -0.2) is 27.8 Å². The summed E-state index contributed by atoms with van der Waals surface area (Å²) in [6.07, 6.45) is 0.941. The van der Waals surface area contributed by atoms with Crippen molar-refractivity contribution in [3.8, 4) is 0 Å². The molecule has 0 spiro atoms. The van der Waals surface area contributed by atoms with E-state index in [0.29, 0.717) is 4.90 Å². The predicted molar refractivity (Wildman–Crippen MR) is 64.5 cm³/mol. The fourth-order valence-corrected chi connectivity index (χ4v) is 4.11. The van der Waals surface area contributed by atoms with E-state index in [1.165, 1.54) is 5.56 Å². The van der Waals surface area contributed by atoms with Crippen molar-refractivity contribution >= 4 is 9.84 Å². The lowest BCUT2D eigenvalue weighted by Crippen LogP contribution is -2.10. The first-order chi connectivity index (χ1) is 7.54. The monoisotopic (exact) mass is 239 g/mol. The van der Waals surface area contributed by atoms with Crippen LogP contribution in [0.15, 0.2) is 23.1 Å². The summed E-state index contributed by atoms with van der Waals surface area (Å²) in [6, 6.07) is 5.73. The van der Waals surface area contributed by atoms with Gasteiger partial charge in [0.1, 0.15) is 0 Å². The minimum absolute atomic E-state index is 0.134. The van der Waals surface area contributed by atoms with Crippen LogP contribution in [0, 0.1) is 0 Å². The first kappa shape index (κ1) is 11.6. The van der Waals surface area contributed by atoms with Gasteiger partial charge in [-0.25, -0.2) is 8.42 Å². The van der Waals surface area contributed by atoms with Crippen molar-refractivity contribution in [3.05, 3.63) is 29.3 Å². The SMILES string of the molecule is CNCCc1ccc2c(c1)C(C)CS2(=O)=O. The lowest BCUT2D eigenvalue weighted by atomic mass is 10.00. The average Bonchev–Trinajstić information content (AvgIpc) is 2.46. The summed E-state index contributed by atoms with van der Waals surface area (Å²) in [4.78, 5) is 0.535. The number of fused-ring (bicyclic) bond motifs is 1. The smallest absolute Gasteiger partial charge is 0.179 e. The first-order valence-electron chi connectivity index (χ1n) is 5.55. The molecule has 4 heteroatoms. The van der Waals surface area contributed by atoms with E-state index in [4.69, 9.17) is 0 Å². The van der Waals surface area contributed by atoms with Crippen molar-refractivity contribution in [1.82, 2.24) is 5.32 Å². The Morgan fingerprint density at radius 1 is 1.44 bits per heavy atom. The lowest BCUT2D eigenvalue weighted by molar-refractivity contribution is 0.598. The summed E-state index contributed by atoms with van der Waals surface area (Å²) in [6.45, 7) is 2.89. The Morgan fingerprint density at radius 2 is 2.19 bits per heavy atom. The lowest BCUT2D eigenvalue weighted by Gasteiger charge is -2.06. The van der Waals surface area contributed by atoms with Gasteiger partial charge in [-0.3, -0.25) is 0 Å². The molecule has 0 aromatic heterocycles. The first-order valence-corrected chi connectivity index (χ1v) is 7.20. The van der Waals surface area contributed by atoms with Crippen LogP contribution in [0.3, 0.4) is 0 Å². The number of hydrogen-bond acceptors (Lipinski definition) is 3. The van der Waals surface area contributed by atoms with Crippen LogP contribution >= 0.6 is 0 Å². The third-order valence-electron chi connectivity index (χ3n) is 3.07. The van der Waals surface area contributed by atoms with Crippen LogP contribution in [0.25, 0.3) is 0 Å². The zero-order valence-corrected chi connectivity index (χ0v) is 10.5. The van der Waals surface area contributed by atoms with Gasteiger partial charge in [0.2, 0.25) is 0 Å². The topological polar surface area (TPSA) is 46.2 Å². The molecule has 16 heavy (non-hydrogen) atoms. The molecule has 88 valence electrons. The molecular weight excluding hydrogens is 222 g/mol. The van der Waals surface area contributed by atoms with Crippen LogP contribution in [-0.2, 0) is 16.3 Å². The Labute approximate surface area is 96.8 Å². The number of hydrogen-bond donors (Lipinski definition) is 1. The fourth-order valence-electron chi connectivity index (χ4n) is 2.20. The number of benzene rings is 1. The van der Waals surface area contributed by atoms with Crippen LogP contribution in [0.4, 0.5) is 0 Å². The van der Waals surface area contributed by atoms with Crippen LogP contribution in [0.2, 0.25) is 0 Å². The molecule has 0 bridgehead atoms. The Hall–Kier alpha value is -0.870. The van der Waals surface area contributed by atoms with Gasteiger partial charge < -0.3 is 5.32 Å². The van der Waals surface area contributed by atoms with Crippen LogP contribution < -0.4 is 5.32 Å². The highest BCUT2D eigenvalue weighted by Gasteiger charge is 2.31. The molecule has 0 saturated heterocycles. The molecular formula is C12H17NO2S. The van der Waals surface area contributed by atoms with Crippen molar-refractivity contribution in [1.29, 1.82) is 0 Å². The van der Waals surface area contributed by atoms with Crippen LogP contribution in [0.5, 0.6) is 0 Å². The predicted octanol–water partition coefficient (Wildman–Crippen LogP) is 1.34. The van der Waals surface area contributed by atoms with Gasteiger partial charge in [-0.05, 0) is 43.1 Å². The zero-order valence-electron chi connectivity index (χ0n) is 9.66. The number of likely N-dealkylation sites (N-methyl/N-ethyl adjacent to an activating group) is 1. The molecule has 1 N–H and O–H groups in total. The largest absolute Gasteiger partial charge is 0.319 e. The second-order valence-corrected chi connectivity index (χ2v) is 6.41. The molecule has 1 aliphatic heterocycles. The molecule has 1 aliphatic rings. The molecule has 0 saturated carbocycles. The normalized spacial score (nSPS) is 22.0. The van der Waals surface area contributed by atoms with E-state index >= 15 is 0 Å². The highest BCUT2D eigenvalue weighted by molar-refractivity contribution is 7.91. The molecule has 0 amide bonds. The summed E-state index contributed by atoms with van der Waals surface area (Å²) < 4.78 is 23.6. The maximum atomic E-state index is 11.8. The third-order valence-corrected chi connectivity index (χ3v) is 5.05. The molecule has 1 aromatic rings. The Bertz CT molecular complexity index is 494. The van der Waals surface area contributed by atoms with Gasteiger partial charge in [0.25, 0.3) is 0 Å². The summed E-state index contributed by atoms with van der Waals surface area (Å²) >= 11 is 0. The molecule has 0 radical (unpaired) electrons. The summed E-state index contributed by atoms with van der Waals surface area (Å²) in [5, 5.41) is 3.09. The second-order valence-electron chi connectivity index (χ2n) is 4.41. The highest BCUT2D eigenvalue weighted by Crippen LogP contribution is 2.35. The fraction of sp³-hybridized carbons (Fsp3) is 0.500. The average molecular weight is 239 g/mol. The van der Waals surface area contributed by atoms with Crippen molar-refractivity contribution in [2.45, 2.75) is 24.2 Å². The summed E-state index contributed by atoms with van der Waals surface area (Å²) in [7, 11) is -1.09. The minimum atomic E-state index is -3.01. The molecule has 1 atom stereocenters. The molecule has 1 heterocycles. The van der Waals surface area contributed by atoms with Crippen molar-refractivity contribution in [3.63, 3.8) is 0 Å². The molecule has 0 fully saturated rings. The van der Waals surface area contributed by atoms with E-state index in [2.05, 4.69) is 5.32 Å². The van der Waals surface area contributed by atoms with E-state index in [9.17, 15) is 8.42 Å². The van der Waals surface area contributed by atoms with Gasteiger partial charge in [-0.2, -0.15) is 0 Å². The number of rotatable bonds is 3. The zero-order chi connectivity index (χ0) is 11.8. The Balaban J connectivity index is 2.37. The van der Waals surface area contributed by atoms with Crippen LogP contribution in [0.1, 0.15) is 24.0 Å². The Morgan fingerprint density at radius 3 is 2.88 bits per heavy atom. The standard InChI is InChI=1S/C12H17NO2S/c1-9-8-16(14,15)12-4-3-10(5-6-13-2)7-11(9)12/h3-4,7,9,13H,5-6,8H2,1-2H3. The van der Waals surface area contributed by atoms with E-state index in [1.807, 2.05) is 26.1 Å². The maximum absolute atomic E-state index is 11.8. The van der Waals surface area contributed by atoms with Crippen molar-refractivity contribution < 1.29 is 8.42 Å². The van der Waals surface area contributed by atoms with E-state index in [1.54, 1.807) is 6.07 Å². The minimum Gasteiger partial charge on any atom is -0.319 e. The highest BCUT2D eigenvalue weighted by atomic mass is 32.2. The van der Waals surface area contributed by atoms with Gasteiger partial charge in [-0.1, -0.05) is 19.1 Å². The molecule has 1 unspecified atom stereocenters. The Kier molecular flexibility index (Phi) is 3.04. The van der Waals surface area contributed by atoms with E-state index in [-0.39, 0.29) is 11.7 Å². The number of nitrogens with one attached hydrogen (secondary N) is 1. The third kappa shape index (κ3) is 1.99. The van der Waals surface area contributed by atoms with Gasteiger partial charge in [0.05, 0.1) is 10.6 Å². The molecule has 2 rings (SSSR count). The van der Waals surface area contributed by atoms with Gasteiger partial charge in [-0.15, -0.1) is 0 Å². The molecule has 1 aromatic carbocycles. The second kappa shape index (κ2) is 4.18. The van der Waals surface area contributed by atoms with Crippen molar-refractivity contribution in [2.75, 3.05) is 19.3 Å². The molecule has 0 aliphatic carbocycles.